The number of nitrogens with two attached hydrogens (primary N) is 1. The molecule has 0 saturated carbocycles. The van der Waals surface area contributed by atoms with E-state index in [1.165, 1.54) is 6.07 Å². The lowest BCUT2D eigenvalue weighted by molar-refractivity contribution is 0.619. The second-order valence-electron chi connectivity index (χ2n) is 3.21. The van der Waals surface area contributed by atoms with Crippen LogP contribution in [0.15, 0.2) is 22.7 Å². The number of rotatable bonds is 4. The Morgan fingerprint density at radius 3 is 2.93 bits per heavy atom. The van der Waals surface area contributed by atoms with Crippen LogP contribution in [-0.2, 0) is 5.75 Å². The molecule has 78 valence electrons. The second kappa shape index (κ2) is 5.73. The molecule has 14 heavy (non-hydrogen) atoms. The third-order valence-electron chi connectivity index (χ3n) is 1.67. The van der Waals surface area contributed by atoms with Crippen molar-refractivity contribution in [3.05, 3.63) is 34.1 Å². The molecule has 0 spiro atoms. The van der Waals surface area contributed by atoms with Gasteiger partial charge in [0.25, 0.3) is 0 Å². The summed E-state index contributed by atoms with van der Waals surface area (Å²) in [6.45, 7) is 1.97. The Kier molecular flexibility index (Phi) is 4.92. The molecule has 4 heteroatoms. The molecule has 0 aliphatic carbocycles. The minimum Gasteiger partial charge on any atom is -0.327 e. The lowest BCUT2D eigenvalue weighted by Gasteiger charge is -2.06. The maximum atomic E-state index is 13.1. The molecule has 1 unspecified atom stereocenters. The minimum atomic E-state index is -0.205. The number of hydrogen-bond acceptors (Lipinski definition) is 2. The molecule has 1 nitrogen and oxygen atoms in total. The fourth-order valence-electron chi connectivity index (χ4n) is 1.01. The number of hydrogen-bond donors (Lipinski definition) is 1. The van der Waals surface area contributed by atoms with Gasteiger partial charge in [0, 0.05) is 17.5 Å². The largest absolute Gasteiger partial charge is 0.327 e. The zero-order valence-electron chi connectivity index (χ0n) is 7.97. The average molecular weight is 278 g/mol. The van der Waals surface area contributed by atoms with Crippen molar-refractivity contribution in [3.63, 3.8) is 0 Å². The van der Waals surface area contributed by atoms with E-state index in [0.29, 0.717) is 4.47 Å². The van der Waals surface area contributed by atoms with E-state index in [0.717, 1.165) is 17.1 Å². The van der Waals surface area contributed by atoms with Gasteiger partial charge in [0.2, 0.25) is 0 Å². The molecule has 0 heterocycles. The zero-order chi connectivity index (χ0) is 10.6. The Labute approximate surface area is 96.4 Å². The van der Waals surface area contributed by atoms with Crippen molar-refractivity contribution in [3.8, 4) is 0 Å². The van der Waals surface area contributed by atoms with Crippen LogP contribution in [-0.4, -0.2) is 11.8 Å². The summed E-state index contributed by atoms with van der Waals surface area (Å²) >= 11 is 4.94. The number of thioether (sulfide) groups is 1. The highest BCUT2D eigenvalue weighted by Crippen LogP contribution is 2.24. The van der Waals surface area contributed by atoms with Crippen LogP contribution in [0.1, 0.15) is 12.5 Å². The van der Waals surface area contributed by atoms with E-state index >= 15 is 0 Å². The molecule has 0 aliphatic rings. The van der Waals surface area contributed by atoms with Crippen molar-refractivity contribution < 1.29 is 4.39 Å². The van der Waals surface area contributed by atoms with Crippen LogP contribution in [0.2, 0.25) is 0 Å². The second-order valence-corrected chi connectivity index (χ2v) is 5.03. The zero-order valence-corrected chi connectivity index (χ0v) is 10.4. The van der Waals surface area contributed by atoms with Gasteiger partial charge in [-0.3, -0.25) is 0 Å². The van der Waals surface area contributed by atoms with Crippen molar-refractivity contribution in [1.82, 2.24) is 0 Å². The third-order valence-corrected chi connectivity index (χ3v) is 3.83. The van der Waals surface area contributed by atoms with Gasteiger partial charge in [0.15, 0.2) is 0 Å². The van der Waals surface area contributed by atoms with Crippen LogP contribution in [0.3, 0.4) is 0 Å². The molecule has 0 aromatic heterocycles. The monoisotopic (exact) mass is 277 g/mol. The van der Waals surface area contributed by atoms with Gasteiger partial charge < -0.3 is 5.73 Å². The first-order valence-corrected chi connectivity index (χ1v) is 6.32. The van der Waals surface area contributed by atoms with E-state index in [2.05, 4.69) is 15.9 Å². The lowest BCUT2D eigenvalue weighted by Crippen LogP contribution is -2.17. The minimum absolute atomic E-state index is 0.187. The lowest BCUT2D eigenvalue weighted by atomic mass is 10.2. The molecule has 1 atom stereocenters. The fourth-order valence-corrected chi connectivity index (χ4v) is 2.55. The molecule has 1 aromatic rings. The first-order valence-electron chi connectivity index (χ1n) is 4.37. The Morgan fingerprint density at radius 2 is 2.29 bits per heavy atom. The van der Waals surface area contributed by atoms with Gasteiger partial charge >= 0.3 is 0 Å². The summed E-state index contributed by atoms with van der Waals surface area (Å²) in [4.78, 5) is 0. The normalized spacial score (nSPS) is 12.9. The Bertz CT molecular complexity index is 304. The first kappa shape index (κ1) is 12.0. The van der Waals surface area contributed by atoms with E-state index < -0.39 is 0 Å². The molecule has 0 amide bonds. The van der Waals surface area contributed by atoms with Gasteiger partial charge in [0.1, 0.15) is 5.82 Å². The molecule has 0 fully saturated rings. The van der Waals surface area contributed by atoms with E-state index in [9.17, 15) is 4.39 Å². The number of halogens is 2. The van der Waals surface area contributed by atoms with E-state index in [4.69, 9.17) is 5.73 Å². The molecule has 0 radical (unpaired) electrons. The summed E-state index contributed by atoms with van der Waals surface area (Å²) in [6, 6.07) is 5.28. The summed E-state index contributed by atoms with van der Waals surface area (Å²) in [5, 5.41) is 0. The van der Waals surface area contributed by atoms with E-state index in [1.807, 2.05) is 13.0 Å². The standard InChI is InChI=1S/C10H13BrFNS/c1-7(13)5-14-6-8-3-2-4-9(12)10(8)11/h2-4,7H,5-6,13H2,1H3. The van der Waals surface area contributed by atoms with Crippen LogP contribution < -0.4 is 5.73 Å². The molecular weight excluding hydrogens is 265 g/mol. The maximum Gasteiger partial charge on any atom is 0.137 e. The van der Waals surface area contributed by atoms with E-state index in [-0.39, 0.29) is 11.9 Å². The molecule has 0 saturated heterocycles. The summed E-state index contributed by atoms with van der Waals surface area (Å²) < 4.78 is 13.7. The van der Waals surface area contributed by atoms with Crippen molar-refractivity contribution in [1.29, 1.82) is 0 Å². The van der Waals surface area contributed by atoms with Gasteiger partial charge in [-0.2, -0.15) is 11.8 Å². The first-order chi connectivity index (χ1) is 6.61. The van der Waals surface area contributed by atoms with Crippen LogP contribution >= 0.6 is 27.7 Å². The van der Waals surface area contributed by atoms with Gasteiger partial charge in [-0.25, -0.2) is 4.39 Å². The predicted molar refractivity (Wildman–Crippen MR) is 63.9 cm³/mol. The molecule has 1 rings (SSSR count). The van der Waals surface area contributed by atoms with Crippen LogP contribution in [0, 0.1) is 5.82 Å². The molecule has 0 aliphatic heterocycles. The topological polar surface area (TPSA) is 26.0 Å². The van der Waals surface area contributed by atoms with E-state index in [1.54, 1.807) is 17.8 Å². The molecule has 2 N–H and O–H groups in total. The van der Waals surface area contributed by atoms with Crippen LogP contribution in [0.4, 0.5) is 4.39 Å². The maximum absolute atomic E-state index is 13.1. The quantitative estimate of drug-likeness (QED) is 0.915. The highest BCUT2D eigenvalue weighted by Gasteiger charge is 2.05. The summed E-state index contributed by atoms with van der Waals surface area (Å²) in [5.74, 6) is 1.48. The Hall–Kier alpha value is -0.0600. The summed E-state index contributed by atoms with van der Waals surface area (Å²) in [7, 11) is 0. The molecular formula is C10H13BrFNS. The Balaban J connectivity index is 2.54. The van der Waals surface area contributed by atoms with Crippen molar-refractivity contribution in [2.24, 2.45) is 5.73 Å². The molecule has 1 aromatic carbocycles. The van der Waals surface area contributed by atoms with Gasteiger partial charge in [0.05, 0.1) is 4.47 Å². The Morgan fingerprint density at radius 1 is 1.57 bits per heavy atom. The van der Waals surface area contributed by atoms with Gasteiger partial charge in [-0.05, 0) is 34.5 Å². The van der Waals surface area contributed by atoms with Crippen LogP contribution in [0.5, 0.6) is 0 Å². The highest BCUT2D eigenvalue weighted by atomic mass is 79.9. The fraction of sp³-hybridized carbons (Fsp3) is 0.400. The van der Waals surface area contributed by atoms with Crippen molar-refractivity contribution in [2.75, 3.05) is 5.75 Å². The van der Waals surface area contributed by atoms with Crippen molar-refractivity contribution in [2.45, 2.75) is 18.7 Å². The SMILES string of the molecule is CC(N)CSCc1cccc(F)c1Br. The molecule has 0 bridgehead atoms. The summed E-state index contributed by atoms with van der Waals surface area (Å²) in [5.41, 5.74) is 6.60. The van der Waals surface area contributed by atoms with Crippen molar-refractivity contribution >= 4 is 27.7 Å². The van der Waals surface area contributed by atoms with Gasteiger partial charge in [-0.1, -0.05) is 12.1 Å². The summed E-state index contributed by atoms with van der Waals surface area (Å²) in [6.07, 6.45) is 0. The predicted octanol–water partition coefficient (Wildman–Crippen LogP) is 3.17. The van der Waals surface area contributed by atoms with Crippen LogP contribution in [0.25, 0.3) is 0 Å². The highest BCUT2D eigenvalue weighted by molar-refractivity contribution is 9.10. The smallest absolute Gasteiger partial charge is 0.137 e. The average Bonchev–Trinajstić information content (AvgIpc) is 2.12. The van der Waals surface area contributed by atoms with Gasteiger partial charge in [-0.15, -0.1) is 0 Å². The third kappa shape index (κ3) is 3.59. The number of benzene rings is 1.